The number of aliphatic hydroxyl groups is 1. The molecular weight excluding hydrogens is 264 g/mol. The predicted octanol–water partition coefficient (Wildman–Crippen LogP) is 0.998. The van der Waals surface area contributed by atoms with Gasteiger partial charge in [0.15, 0.2) is 0 Å². The Kier molecular flexibility index (Phi) is 4.20. The first-order valence-corrected chi connectivity index (χ1v) is 7.69. The smallest absolute Gasteiger partial charge is 0.240 e. The maximum absolute atomic E-state index is 12.1. The van der Waals surface area contributed by atoms with E-state index in [0.29, 0.717) is 5.56 Å². The number of hydrogen-bond acceptors (Lipinski definition) is 4. The highest BCUT2D eigenvalue weighted by Crippen LogP contribution is 2.25. The Morgan fingerprint density at radius 2 is 2.21 bits per heavy atom. The zero-order chi connectivity index (χ0) is 13.9. The largest absolute Gasteiger partial charge is 0.393 e. The second kappa shape index (κ2) is 5.70. The van der Waals surface area contributed by atoms with Gasteiger partial charge in [0.25, 0.3) is 0 Å². The van der Waals surface area contributed by atoms with Crippen LogP contribution in [0.1, 0.15) is 24.8 Å². The minimum atomic E-state index is -3.62. The molecule has 0 amide bonds. The van der Waals surface area contributed by atoms with Gasteiger partial charge in [-0.2, -0.15) is 5.26 Å². The van der Waals surface area contributed by atoms with Gasteiger partial charge < -0.3 is 5.11 Å². The van der Waals surface area contributed by atoms with E-state index in [2.05, 4.69) is 4.72 Å². The number of nitrogens with zero attached hydrogens (tertiary/aromatic N) is 1. The van der Waals surface area contributed by atoms with Gasteiger partial charge in [0.05, 0.1) is 22.6 Å². The van der Waals surface area contributed by atoms with Crippen LogP contribution in [0.15, 0.2) is 29.2 Å². The van der Waals surface area contributed by atoms with E-state index in [9.17, 15) is 13.5 Å². The quantitative estimate of drug-likeness (QED) is 0.860. The van der Waals surface area contributed by atoms with Crippen LogP contribution in [0.5, 0.6) is 0 Å². The Bertz CT molecular complexity index is 592. The van der Waals surface area contributed by atoms with Gasteiger partial charge in [-0.3, -0.25) is 0 Å². The van der Waals surface area contributed by atoms with Crippen molar-refractivity contribution in [2.24, 2.45) is 5.92 Å². The van der Waals surface area contributed by atoms with Crippen LogP contribution in [-0.4, -0.2) is 26.2 Å². The topological polar surface area (TPSA) is 90.2 Å². The highest BCUT2D eigenvalue weighted by Gasteiger charge is 2.26. The zero-order valence-corrected chi connectivity index (χ0v) is 11.2. The van der Waals surface area contributed by atoms with Crippen molar-refractivity contribution in [3.63, 3.8) is 0 Å². The third-order valence-electron chi connectivity index (χ3n) is 3.43. The summed E-state index contributed by atoms with van der Waals surface area (Å²) in [6.45, 7) is 0.236. The van der Waals surface area contributed by atoms with Crippen molar-refractivity contribution >= 4 is 10.0 Å². The van der Waals surface area contributed by atoms with Crippen LogP contribution in [0.3, 0.4) is 0 Å². The van der Waals surface area contributed by atoms with Crippen molar-refractivity contribution in [2.75, 3.05) is 6.54 Å². The van der Waals surface area contributed by atoms with E-state index in [1.807, 2.05) is 6.07 Å². The molecule has 6 heteroatoms. The van der Waals surface area contributed by atoms with E-state index in [0.717, 1.165) is 19.3 Å². The fourth-order valence-corrected chi connectivity index (χ4v) is 3.43. The van der Waals surface area contributed by atoms with Gasteiger partial charge in [0.2, 0.25) is 10.0 Å². The molecule has 0 heterocycles. The van der Waals surface area contributed by atoms with Gasteiger partial charge in [0, 0.05) is 6.54 Å². The molecule has 0 saturated heterocycles. The third kappa shape index (κ3) is 3.32. The lowest BCUT2D eigenvalue weighted by molar-refractivity contribution is 0.134. The zero-order valence-electron chi connectivity index (χ0n) is 10.4. The van der Waals surface area contributed by atoms with E-state index in [-0.39, 0.29) is 17.4 Å². The molecule has 1 saturated carbocycles. The van der Waals surface area contributed by atoms with Crippen molar-refractivity contribution < 1.29 is 13.5 Å². The summed E-state index contributed by atoms with van der Waals surface area (Å²) >= 11 is 0. The first kappa shape index (κ1) is 14.0. The van der Waals surface area contributed by atoms with E-state index >= 15 is 0 Å². The van der Waals surface area contributed by atoms with E-state index in [1.165, 1.54) is 18.2 Å². The summed E-state index contributed by atoms with van der Waals surface area (Å²) in [6, 6.07) is 7.80. The van der Waals surface area contributed by atoms with Crippen molar-refractivity contribution in [3.05, 3.63) is 29.8 Å². The van der Waals surface area contributed by atoms with Gasteiger partial charge in [-0.1, -0.05) is 12.5 Å². The third-order valence-corrected chi connectivity index (χ3v) is 4.85. The van der Waals surface area contributed by atoms with Crippen molar-refractivity contribution in [3.8, 4) is 6.07 Å². The van der Waals surface area contributed by atoms with Crippen molar-refractivity contribution in [1.29, 1.82) is 5.26 Å². The molecule has 0 bridgehead atoms. The van der Waals surface area contributed by atoms with Crippen LogP contribution in [0.25, 0.3) is 0 Å². The highest BCUT2D eigenvalue weighted by molar-refractivity contribution is 7.89. The van der Waals surface area contributed by atoms with E-state index in [4.69, 9.17) is 5.26 Å². The molecule has 1 aromatic carbocycles. The molecule has 102 valence electrons. The minimum Gasteiger partial charge on any atom is -0.393 e. The second-order valence-electron chi connectivity index (χ2n) is 4.75. The SMILES string of the molecule is N#Cc1cccc(S(=O)(=O)NCC2CCCC2O)c1. The Labute approximate surface area is 112 Å². The molecular formula is C13H16N2O3S. The summed E-state index contributed by atoms with van der Waals surface area (Å²) in [7, 11) is -3.62. The van der Waals surface area contributed by atoms with Crippen LogP contribution < -0.4 is 4.72 Å². The normalized spacial score (nSPS) is 23.2. The number of sulfonamides is 1. The fourth-order valence-electron chi connectivity index (χ4n) is 2.29. The van der Waals surface area contributed by atoms with Crippen LogP contribution in [0.2, 0.25) is 0 Å². The van der Waals surface area contributed by atoms with Gasteiger partial charge >= 0.3 is 0 Å². The monoisotopic (exact) mass is 280 g/mol. The molecule has 5 nitrogen and oxygen atoms in total. The first-order chi connectivity index (χ1) is 9.03. The summed E-state index contributed by atoms with van der Waals surface area (Å²) in [4.78, 5) is 0.0824. The number of aliphatic hydroxyl groups excluding tert-OH is 1. The molecule has 2 N–H and O–H groups in total. The summed E-state index contributed by atoms with van der Waals surface area (Å²) in [5, 5.41) is 18.4. The fraction of sp³-hybridized carbons (Fsp3) is 0.462. The van der Waals surface area contributed by atoms with E-state index in [1.54, 1.807) is 6.07 Å². The highest BCUT2D eigenvalue weighted by atomic mass is 32.2. The van der Waals surface area contributed by atoms with Crippen LogP contribution in [0.4, 0.5) is 0 Å². The lowest BCUT2D eigenvalue weighted by Crippen LogP contribution is -2.32. The maximum atomic E-state index is 12.1. The molecule has 0 spiro atoms. The number of rotatable bonds is 4. The number of nitriles is 1. The molecule has 19 heavy (non-hydrogen) atoms. The predicted molar refractivity (Wildman–Crippen MR) is 69.7 cm³/mol. The summed E-state index contributed by atoms with van der Waals surface area (Å²) < 4.78 is 26.6. The lowest BCUT2D eigenvalue weighted by atomic mass is 10.1. The maximum Gasteiger partial charge on any atom is 0.240 e. The first-order valence-electron chi connectivity index (χ1n) is 6.21. The molecule has 1 aliphatic rings. The second-order valence-corrected chi connectivity index (χ2v) is 6.52. The average Bonchev–Trinajstić information content (AvgIpc) is 2.82. The molecule has 2 unspecified atom stereocenters. The Balaban J connectivity index is 2.07. The molecule has 2 atom stereocenters. The number of nitrogens with one attached hydrogen (secondary N) is 1. The summed E-state index contributed by atoms with van der Waals surface area (Å²) in [6.07, 6.45) is 2.07. The van der Waals surface area contributed by atoms with Gasteiger partial charge in [-0.15, -0.1) is 0 Å². The molecule has 1 fully saturated rings. The van der Waals surface area contributed by atoms with Gasteiger partial charge in [0.1, 0.15) is 0 Å². The Hall–Kier alpha value is -1.42. The minimum absolute atomic E-state index is 0.0195. The van der Waals surface area contributed by atoms with E-state index < -0.39 is 16.1 Å². The Morgan fingerprint density at radius 1 is 1.42 bits per heavy atom. The molecule has 0 aromatic heterocycles. The van der Waals surface area contributed by atoms with Crippen LogP contribution >= 0.6 is 0 Å². The van der Waals surface area contributed by atoms with Crippen molar-refractivity contribution in [2.45, 2.75) is 30.3 Å². The van der Waals surface area contributed by atoms with Gasteiger partial charge in [-0.25, -0.2) is 13.1 Å². The molecule has 1 aromatic rings. The van der Waals surface area contributed by atoms with Crippen LogP contribution in [0, 0.1) is 17.2 Å². The average molecular weight is 280 g/mol. The van der Waals surface area contributed by atoms with Crippen LogP contribution in [-0.2, 0) is 10.0 Å². The lowest BCUT2D eigenvalue weighted by Gasteiger charge is -2.15. The van der Waals surface area contributed by atoms with Gasteiger partial charge in [-0.05, 0) is 37.0 Å². The molecule has 0 radical (unpaired) electrons. The molecule has 1 aliphatic carbocycles. The molecule has 0 aliphatic heterocycles. The standard InChI is InChI=1S/C13H16N2O3S/c14-8-10-3-1-5-12(7-10)19(17,18)15-9-11-4-2-6-13(11)16/h1,3,5,7,11,13,15-16H,2,4,6,9H2. The summed E-state index contributed by atoms with van der Waals surface area (Å²) in [5.74, 6) is -0.0195. The number of hydrogen-bond donors (Lipinski definition) is 2. The molecule has 2 rings (SSSR count). The van der Waals surface area contributed by atoms with Crippen molar-refractivity contribution in [1.82, 2.24) is 4.72 Å². The summed E-state index contributed by atoms with van der Waals surface area (Å²) in [5.41, 5.74) is 0.309. The Morgan fingerprint density at radius 3 is 2.84 bits per heavy atom. The number of benzene rings is 1.